The first kappa shape index (κ1) is 9.71. The number of rotatable bonds is 2. The molecule has 0 saturated carbocycles. The van der Waals surface area contributed by atoms with Crippen molar-refractivity contribution in [1.82, 2.24) is 30.4 Å². The molecule has 6 heteroatoms. The zero-order chi connectivity index (χ0) is 11.7. The fourth-order valence-electron chi connectivity index (χ4n) is 1.61. The van der Waals surface area contributed by atoms with Crippen LogP contribution in [-0.4, -0.2) is 30.4 Å². The molecule has 3 aromatic heterocycles. The highest BCUT2D eigenvalue weighted by molar-refractivity contribution is 5.58. The van der Waals surface area contributed by atoms with Gasteiger partial charge in [-0.15, -0.1) is 0 Å². The van der Waals surface area contributed by atoms with Crippen molar-refractivity contribution in [1.29, 1.82) is 0 Å². The van der Waals surface area contributed by atoms with Crippen LogP contribution < -0.4 is 0 Å². The maximum Gasteiger partial charge on any atom is 0.178 e. The molecule has 0 amide bonds. The first-order valence-corrected chi connectivity index (χ1v) is 5.18. The van der Waals surface area contributed by atoms with Crippen LogP contribution in [0.25, 0.3) is 22.9 Å². The van der Waals surface area contributed by atoms with Crippen molar-refractivity contribution < 1.29 is 0 Å². The Bertz CT molecular complexity index is 559. The molecule has 0 bridgehead atoms. The topological polar surface area (TPSA) is 83.1 Å². The second-order valence-electron chi connectivity index (χ2n) is 3.66. The molecule has 0 atom stereocenters. The van der Waals surface area contributed by atoms with Crippen LogP contribution in [0.1, 0.15) is 5.69 Å². The minimum atomic E-state index is 0.632. The van der Waals surface area contributed by atoms with Gasteiger partial charge in [-0.25, -0.2) is 9.97 Å². The predicted molar refractivity (Wildman–Crippen MR) is 61.9 cm³/mol. The number of H-pyrrole nitrogens is 2. The average Bonchev–Trinajstić information content (AvgIpc) is 3.02. The first-order chi connectivity index (χ1) is 8.33. The van der Waals surface area contributed by atoms with Gasteiger partial charge in [0.1, 0.15) is 5.69 Å². The Balaban J connectivity index is 2.13. The van der Waals surface area contributed by atoms with E-state index in [1.165, 1.54) is 0 Å². The van der Waals surface area contributed by atoms with Gasteiger partial charge in [0.05, 0.1) is 11.4 Å². The third kappa shape index (κ3) is 1.80. The molecular formula is C11H10N6. The normalized spacial score (nSPS) is 10.6. The molecule has 0 spiro atoms. The van der Waals surface area contributed by atoms with Crippen LogP contribution in [0, 0.1) is 6.92 Å². The zero-order valence-corrected chi connectivity index (χ0v) is 9.18. The molecule has 0 aliphatic rings. The van der Waals surface area contributed by atoms with E-state index in [4.69, 9.17) is 0 Å². The Labute approximate surface area is 97.1 Å². The van der Waals surface area contributed by atoms with Crippen molar-refractivity contribution in [2.75, 3.05) is 0 Å². The summed E-state index contributed by atoms with van der Waals surface area (Å²) < 4.78 is 0. The van der Waals surface area contributed by atoms with Gasteiger partial charge in [-0.1, -0.05) is 0 Å². The number of aryl methyl sites for hydroxylation is 1. The molecule has 3 rings (SSSR count). The molecule has 0 saturated heterocycles. The van der Waals surface area contributed by atoms with Gasteiger partial charge in [-0.3, -0.25) is 10.2 Å². The van der Waals surface area contributed by atoms with Gasteiger partial charge in [-0.2, -0.15) is 10.2 Å². The molecular weight excluding hydrogens is 216 g/mol. The third-order valence-corrected chi connectivity index (χ3v) is 2.37. The first-order valence-electron chi connectivity index (χ1n) is 5.18. The minimum Gasteiger partial charge on any atom is -0.276 e. The van der Waals surface area contributed by atoms with E-state index in [0.29, 0.717) is 5.82 Å². The summed E-state index contributed by atoms with van der Waals surface area (Å²) in [5, 5.41) is 13.5. The fourth-order valence-corrected chi connectivity index (χ4v) is 1.61. The monoisotopic (exact) mass is 226 g/mol. The van der Waals surface area contributed by atoms with Crippen molar-refractivity contribution in [2.24, 2.45) is 0 Å². The highest BCUT2D eigenvalue weighted by Crippen LogP contribution is 2.18. The lowest BCUT2D eigenvalue weighted by atomic mass is 10.2. The predicted octanol–water partition coefficient (Wildman–Crippen LogP) is 1.57. The van der Waals surface area contributed by atoms with E-state index in [9.17, 15) is 0 Å². The van der Waals surface area contributed by atoms with Crippen LogP contribution in [0.2, 0.25) is 0 Å². The van der Waals surface area contributed by atoms with Gasteiger partial charge in [-0.05, 0) is 25.1 Å². The lowest BCUT2D eigenvalue weighted by Gasteiger charge is -2.02. The SMILES string of the molecule is Cc1cc(-c2ccn[nH]2)nc(-c2ccn[nH]2)n1. The summed E-state index contributed by atoms with van der Waals surface area (Å²) in [5.41, 5.74) is 3.39. The Morgan fingerprint density at radius 1 is 0.941 bits per heavy atom. The molecule has 3 aromatic rings. The van der Waals surface area contributed by atoms with E-state index in [0.717, 1.165) is 22.8 Å². The quantitative estimate of drug-likeness (QED) is 0.694. The molecule has 0 aromatic carbocycles. The lowest BCUT2D eigenvalue weighted by molar-refractivity contribution is 1.04. The molecule has 0 unspecified atom stereocenters. The molecule has 0 fully saturated rings. The van der Waals surface area contributed by atoms with Crippen LogP contribution in [0.15, 0.2) is 30.6 Å². The van der Waals surface area contributed by atoms with Crippen molar-refractivity contribution >= 4 is 0 Å². The molecule has 0 aliphatic heterocycles. The summed E-state index contributed by atoms with van der Waals surface area (Å²) in [6, 6.07) is 5.62. The van der Waals surface area contributed by atoms with E-state index in [1.54, 1.807) is 12.4 Å². The van der Waals surface area contributed by atoms with E-state index in [2.05, 4.69) is 30.4 Å². The summed E-state index contributed by atoms with van der Waals surface area (Å²) in [7, 11) is 0. The largest absolute Gasteiger partial charge is 0.276 e. The van der Waals surface area contributed by atoms with E-state index >= 15 is 0 Å². The molecule has 0 aliphatic carbocycles. The second-order valence-corrected chi connectivity index (χ2v) is 3.66. The van der Waals surface area contributed by atoms with Crippen LogP contribution in [-0.2, 0) is 0 Å². The zero-order valence-electron chi connectivity index (χ0n) is 9.18. The van der Waals surface area contributed by atoms with Crippen molar-refractivity contribution in [2.45, 2.75) is 6.92 Å². The van der Waals surface area contributed by atoms with Crippen LogP contribution in [0.4, 0.5) is 0 Å². The van der Waals surface area contributed by atoms with Gasteiger partial charge in [0.2, 0.25) is 0 Å². The molecule has 6 nitrogen and oxygen atoms in total. The molecule has 2 N–H and O–H groups in total. The minimum absolute atomic E-state index is 0.632. The molecule has 17 heavy (non-hydrogen) atoms. The van der Waals surface area contributed by atoms with Crippen molar-refractivity contribution in [3.05, 3.63) is 36.3 Å². The van der Waals surface area contributed by atoms with Gasteiger partial charge in [0.15, 0.2) is 5.82 Å². The Hall–Kier alpha value is -2.50. The number of nitrogens with one attached hydrogen (secondary N) is 2. The Morgan fingerprint density at radius 3 is 2.29 bits per heavy atom. The third-order valence-electron chi connectivity index (χ3n) is 2.37. The molecule has 0 radical (unpaired) electrons. The second kappa shape index (κ2) is 3.82. The summed E-state index contributed by atoms with van der Waals surface area (Å²) in [6.45, 7) is 1.93. The van der Waals surface area contributed by atoms with Crippen molar-refractivity contribution in [3.8, 4) is 22.9 Å². The summed E-state index contributed by atoms with van der Waals surface area (Å²) in [5.74, 6) is 0.632. The number of aromatic nitrogens is 6. The van der Waals surface area contributed by atoms with Gasteiger partial charge in [0.25, 0.3) is 0 Å². The van der Waals surface area contributed by atoms with E-state index < -0.39 is 0 Å². The van der Waals surface area contributed by atoms with Crippen LogP contribution >= 0.6 is 0 Å². The number of hydrogen-bond donors (Lipinski definition) is 2. The highest BCUT2D eigenvalue weighted by Gasteiger charge is 2.08. The van der Waals surface area contributed by atoms with Crippen LogP contribution in [0.3, 0.4) is 0 Å². The maximum absolute atomic E-state index is 4.46. The Kier molecular flexibility index (Phi) is 2.18. The van der Waals surface area contributed by atoms with Gasteiger partial charge >= 0.3 is 0 Å². The van der Waals surface area contributed by atoms with Crippen LogP contribution in [0.5, 0.6) is 0 Å². The standard InChI is InChI=1S/C11H10N6/c1-7-6-10(8-2-4-12-16-8)15-11(14-7)9-3-5-13-17-9/h2-6H,1H3,(H,12,16)(H,13,17). The highest BCUT2D eigenvalue weighted by atomic mass is 15.1. The number of nitrogens with zero attached hydrogens (tertiary/aromatic N) is 4. The number of hydrogen-bond acceptors (Lipinski definition) is 4. The van der Waals surface area contributed by atoms with Gasteiger partial charge in [0, 0.05) is 18.1 Å². The summed E-state index contributed by atoms with van der Waals surface area (Å²) in [4.78, 5) is 8.83. The fraction of sp³-hybridized carbons (Fsp3) is 0.0909. The lowest BCUT2D eigenvalue weighted by Crippen LogP contribution is -1.95. The van der Waals surface area contributed by atoms with E-state index in [1.807, 2.05) is 25.1 Å². The van der Waals surface area contributed by atoms with Gasteiger partial charge < -0.3 is 0 Å². The molecule has 3 heterocycles. The van der Waals surface area contributed by atoms with E-state index in [-0.39, 0.29) is 0 Å². The summed E-state index contributed by atoms with van der Waals surface area (Å²) >= 11 is 0. The molecule has 84 valence electrons. The summed E-state index contributed by atoms with van der Waals surface area (Å²) in [6.07, 6.45) is 3.37. The maximum atomic E-state index is 4.46. The average molecular weight is 226 g/mol. The smallest absolute Gasteiger partial charge is 0.178 e. The van der Waals surface area contributed by atoms with Crippen molar-refractivity contribution in [3.63, 3.8) is 0 Å². The number of aromatic amines is 2. The Morgan fingerprint density at radius 2 is 1.65 bits per heavy atom.